The summed E-state index contributed by atoms with van der Waals surface area (Å²) in [7, 11) is 0. The predicted molar refractivity (Wildman–Crippen MR) is 538 cm³/mol. The highest BCUT2D eigenvalue weighted by Gasteiger charge is 2.43. The highest BCUT2D eigenvalue weighted by atomic mass is 35.5. The molecule has 5 aliphatic heterocycles. The molecule has 31 heteroatoms. The molecule has 21 rings (SSSR count). The van der Waals surface area contributed by atoms with Gasteiger partial charge < -0.3 is 48.8 Å². The number of nitrogens with zero attached hydrogens (tertiary/aromatic N) is 7. The fourth-order valence-electron chi connectivity index (χ4n) is 19.5. The maximum Gasteiger partial charge on any atom is 0.410 e. The lowest BCUT2D eigenvalue weighted by molar-refractivity contribution is 0.0654. The van der Waals surface area contributed by atoms with E-state index in [2.05, 4.69) is 128 Å². The lowest BCUT2D eigenvalue weighted by Crippen LogP contribution is -2.41. The van der Waals surface area contributed by atoms with E-state index >= 15 is 0 Å². The van der Waals surface area contributed by atoms with Crippen LogP contribution in [0.25, 0.3) is 54.5 Å². The van der Waals surface area contributed by atoms with Gasteiger partial charge in [-0.2, -0.15) is 0 Å². The highest BCUT2D eigenvalue weighted by molar-refractivity contribution is 6.33. The van der Waals surface area contributed by atoms with Crippen molar-refractivity contribution in [2.45, 2.75) is 136 Å². The van der Waals surface area contributed by atoms with Crippen LogP contribution in [0.4, 0.5) is 47.1 Å². The van der Waals surface area contributed by atoms with Crippen LogP contribution in [0.3, 0.4) is 0 Å². The van der Waals surface area contributed by atoms with Gasteiger partial charge in [0.1, 0.15) is 59.9 Å². The Labute approximate surface area is 830 Å². The van der Waals surface area contributed by atoms with E-state index < -0.39 is 47.5 Å². The minimum atomic E-state index is -0.853. The number of amides is 4. The molecule has 5 unspecified atom stereocenters. The van der Waals surface area contributed by atoms with Gasteiger partial charge in [-0.1, -0.05) is 152 Å². The molecule has 0 radical (unpaired) electrons. The zero-order chi connectivity index (χ0) is 97.9. The molecular weight excluding hydrogens is 1900 g/mol. The van der Waals surface area contributed by atoms with E-state index in [-0.39, 0.29) is 79.0 Å². The lowest BCUT2D eigenvalue weighted by atomic mass is 9.91. The number of carbonyl (C=O) groups is 4. The van der Waals surface area contributed by atoms with E-state index in [9.17, 15) is 41.1 Å². The van der Waals surface area contributed by atoms with E-state index in [1.807, 2.05) is 104 Å². The van der Waals surface area contributed by atoms with Crippen molar-refractivity contribution in [3.8, 4) is 0 Å². The molecule has 20 nitrogen and oxygen atoms in total. The van der Waals surface area contributed by atoms with Gasteiger partial charge in [0.05, 0.1) is 31.2 Å². The number of fused-ring (bicyclic) bond motifs is 15. The van der Waals surface area contributed by atoms with Crippen LogP contribution in [0.2, 0.25) is 25.1 Å². The Morgan fingerprint density at radius 3 is 1.08 bits per heavy atom. The molecular formula is C108H101Cl6F5N12O8. The van der Waals surface area contributed by atoms with Gasteiger partial charge in [-0.15, -0.1) is 11.6 Å². The van der Waals surface area contributed by atoms with Gasteiger partial charge in [-0.25, -0.2) is 51.1 Å². The zero-order valence-electron chi connectivity index (χ0n) is 77.4. The van der Waals surface area contributed by atoms with Crippen LogP contribution in [-0.4, -0.2) is 143 Å². The molecule has 0 saturated carbocycles. The summed E-state index contributed by atoms with van der Waals surface area (Å²) >= 11 is 36.6. The number of nitrogens with one attached hydrogen (secondary N) is 5. The molecule has 718 valence electrons. The first-order valence-corrected chi connectivity index (χ1v) is 48.7. The summed E-state index contributed by atoms with van der Waals surface area (Å²) in [6.07, 6.45) is 5.14. The average Bonchev–Trinajstić information content (AvgIpc) is 1.63. The smallest absolute Gasteiger partial charge is 0.410 e. The molecule has 16 aromatic rings. The Morgan fingerprint density at radius 1 is 0.367 bits per heavy atom. The number of alkyl halides is 1. The zero-order valence-corrected chi connectivity index (χ0v) is 81.9. The summed E-state index contributed by atoms with van der Waals surface area (Å²) in [6, 6.07) is 58.6. The van der Waals surface area contributed by atoms with Crippen molar-refractivity contribution in [1.29, 1.82) is 0 Å². The minimum Gasteiger partial charge on any atom is -0.450 e. The Kier molecular flexibility index (Phi) is 29.9. The molecule has 6 aromatic heterocycles. The summed E-state index contributed by atoms with van der Waals surface area (Å²) < 4.78 is 91.2. The Morgan fingerprint density at radius 2 is 0.698 bits per heavy atom. The number of H-pyrrole nitrogens is 5. The fraction of sp³-hybridized carbons (Fsp3) is 0.278. The molecule has 11 heterocycles. The third-order valence-electron chi connectivity index (χ3n) is 25.9. The number of hydrogen-bond acceptors (Lipinski definition) is 11. The van der Waals surface area contributed by atoms with Crippen molar-refractivity contribution >= 4 is 154 Å². The number of halogens is 11. The van der Waals surface area contributed by atoms with Crippen LogP contribution < -0.4 is 4.90 Å². The van der Waals surface area contributed by atoms with Crippen molar-refractivity contribution in [3.63, 3.8) is 0 Å². The van der Waals surface area contributed by atoms with Crippen molar-refractivity contribution in [2.24, 2.45) is 0 Å². The molecule has 139 heavy (non-hydrogen) atoms. The van der Waals surface area contributed by atoms with Crippen molar-refractivity contribution in [2.75, 3.05) is 63.3 Å². The SMILES string of the molecule is CC(C)OC(=O)N1CCc2c([nH]c3ccc(Cl)cc23)C1c1ccc(C(C)C)cc1.CC(C)c1ccc(C2c3[nH]c4ccc(Cl)cc4c3CCN2c2ncccn2)cc1.CCOC(=O)N1CCc2c([nH]c3ccc(Cl)cc23)C1c1ccc(F)cc1.CCOC(=O)N1CCc2c([nH]c3ccc(Cl)cc23)C1c1ccc(F)cc1F.O=C(OCCCl)N1CCc2c([nH]c3ccc(Cl)cc23)C1c1cc(F)ccc1F. The number of aromatic amines is 5. The summed E-state index contributed by atoms with van der Waals surface area (Å²) in [4.78, 5) is 85.5. The van der Waals surface area contributed by atoms with Gasteiger partial charge in [-0.05, 0) is 261 Å². The van der Waals surface area contributed by atoms with Gasteiger partial charge in [0.2, 0.25) is 5.95 Å². The third-order valence-corrected chi connectivity index (χ3v) is 27.2. The summed E-state index contributed by atoms with van der Waals surface area (Å²) in [5.41, 5.74) is 20.9. The molecule has 0 bridgehead atoms. The molecule has 5 aliphatic rings. The number of carbonyl (C=O) groups excluding carboxylic acids is 4. The van der Waals surface area contributed by atoms with E-state index in [0.717, 1.165) is 148 Å². The van der Waals surface area contributed by atoms with Gasteiger partial charge >= 0.3 is 24.4 Å². The normalized spacial score (nSPS) is 16.4. The number of rotatable bonds is 13. The van der Waals surface area contributed by atoms with Gasteiger partial charge in [0.15, 0.2) is 0 Å². The summed E-state index contributed by atoms with van der Waals surface area (Å²) in [5.74, 6) is -1.00. The lowest BCUT2D eigenvalue weighted by Gasteiger charge is -2.36. The fourth-order valence-corrected chi connectivity index (χ4v) is 20.5. The van der Waals surface area contributed by atoms with Crippen LogP contribution in [0.5, 0.6) is 0 Å². The molecule has 4 amide bonds. The van der Waals surface area contributed by atoms with Crippen LogP contribution in [0.15, 0.2) is 219 Å². The third kappa shape index (κ3) is 20.7. The summed E-state index contributed by atoms with van der Waals surface area (Å²) in [5, 5.41) is 8.58. The number of benzene rings is 10. The first-order valence-electron chi connectivity index (χ1n) is 46.3. The second-order valence-electron chi connectivity index (χ2n) is 35.5. The van der Waals surface area contributed by atoms with Crippen LogP contribution in [-0.2, 0) is 51.1 Å². The molecule has 5 atom stereocenters. The number of anilines is 1. The van der Waals surface area contributed by atoms with Crippen molar-refractivity contribution < 1.29 is 60.1 Å². The second-order valence-corrected chi connectivity index (χ2v) is 38.0. The van der Waals surface area contributed by atoms with Crippen LogP contribution in [0, 0.1) is 29.1 Å². The Hall–Kier alpha value is -12.8. The standard InChI is InChI=1S/C24H23ClN4.C24H27ClN2O2.C20H16Cl2F2N2O2.C20H17ClF2N2O2.C20H18ClFN2O2/c1-15(2)16-4-6-17(7-5-16)23-22-19(20-14-18(25)8-9-21(20)28-22)10-13-29(23)24-26-11-3-12-27-24;1-14(2)16-5-7-17(8-6-16)23-22-19(11-12-27(23)24(28)29-15(3)4)20-13-18(25)9-10-21(20)26-22;21-6-8-28-20(27)26-7-5-13-14-9-11(22)1-4-17(14)25-18(13)19(26)15-10-12(23)2-3-16(15)24;1-2-27-20(26)25-8-7-13-15-9-11(21)3-6-17(15)24-18(13)19(25)14-5-4-12(22)10-16(14)23;1-2-26-20(25)24-10-9-15-16-11-13(21)5-8-17(16)23-18(15)19(24)12-3-6-14(22)7-4-12/h3-9,11-12,14-15,23,28H,10,13H2,1-2H3;5-10,13-15,23,26H,11-12H2,1-4H3;1-4,9-10,19,25H,5-8H2;3-6,9-10,19,24H,2,7-8H2,1H3;3-8,11,19,23H,2,9-10H2,1H3. The molecule has 0 saturated heterocycles. The van der Waals surface area contributed by atoms with Crippen LogP contribution >= 0.6 is 69.6 Å². The van der Waals surface area contributed by atoms with E-state index in [1.54, 1.807) is 43.0 Å². The minimum absolute atomic E-state index is 0.0322. The molecule has 0 fully saturated rings. The molecule has 0 spiro atoms. The molecule has 5 N–H and O–H groups in total. The number of aromatic nitrogens is 7. The second kappa shape index (κ2) is 42.5. The molecule has 10 aromatic carbocycles. The van der Waals surface area contributed by atoms with Crippen LogP contribution in [0.1, 0.15) is 193 Å². The first-order chi connectivity index (χ1) is 67.0. The van der Waals surface area contributed by atoms with E-state index in [4.69, 9.17) is 88.6 Å². The highest BCUT2D eigenvalue weighted by Crippen LogP contribution is 2.48. The van der Waals surface area contributed by atoms with Crippen molar-refractivity contribution in [3.05, 3.63) is 368 Å². The predicted octanol–water partition coefficient (Wildman–Crippen LogP) is 28.0. The maximum absolute atomic E-state index is 14.7. The quantitative estimate of drug-likeness (QED) is 0.0414. The van der Waals surface area contributed by atoms with Crippen molar-refractivity contribution in [1.82, 2.24) is 54.5 Å². The van der Waals surface area contributed by atoms with Gasteiger partial charge in [0, 0.05) is 170 Å². The maximum atomic E-state index is 14.7. The molecule has 0 aliphatic carbocycles. The Bertz CT molecular complexity index is 7220. The summed E-state index contributed by atoms with van der Waals surface area (Å²) in [6.45, 7) is 19.2. The van der Waals surface area contributed by atoms with E-state index in [1.165, 1.54) is 73.0 Å². The number of hydrogen-bond donors (Lipinski definition) is 5. The Balaban J connectivity index is 0.000000120. The monoisotopic (exact) mass is 2000 g/mol. The average molecular weight is 2000 g/mol. The van der Waals surface area contributed by atoms with Gasteiger partial charge in [-0.3, -0.25) is 19.6 Å². The van der Waals surface area contributed by atoms with E-state index in [0.29, 0.717) is 83.8 Å². The topological polar surface area (TPSA) is 226 Å². The number of ether oxygens (including phenoxy) is 4. The first kappa shape index (κ1) is 97.9. The largest absolute Gasteiger partial charge is 0.450 e. The van der Waals surface area contributed by atoms with Gasteiger partial charge in [0.25, 0.3) is 0 Å².